The number of hydrogen-bond acceptors (Lipinski definition) is 6. The Balaban J connectivity index is 1.73. The Bertz CT molecular complexity index is 593. The van der Waals surface area contributed by atoms with Gasteiger partial charge in [0.1, 0.15) is 11.6 Å². The molecular weight excluding hydrogens is 304 g/mol. The zero-order valence-corrected chi connectivity index (χ0v) is 14.3. The van der Waals surface area contributed by atoms with Gasteiger partial charge < -0.3 is 14.7 Å². The lowest BCUT2D eigenvalue weighted by Gasteiger charge is -2.42. The number of anilines is 1. The van der Waals surface area contributed by atoms with Gasteiger partial charge in [-0.25, -0.2) is 4.98 Å². The first-order valence-corrected chi connectivity index (χ1v) is 8.84. The Hall–Kier alpha value is -1.84. The molecule has 0 aliphatic carbocycles. The Morgan fingerprint density at radius 2 is 2.00 bits per heavy atom. The van der Waals surface area contributed by atoms with Crippen molar-refractivity contribution < 1.29 is 9.84 Å². The van der Waals surface area contributed by atoms with Crippen LogP contribution in [0.1, 0.15) is 37.7 Å². The summed E-state index contributed by atoms with van der Waals surface area (Å²) in [6.07, 6.45) is 7.23. The molecule has 6 nitrogen and oxygen atoms in total. The maximum absolute atomic E-state index is 10.7. The van der Waals surface area contributed by atoms with Gasteiger partial charge in [-0.05, 0) is 38.4 Å². The van der Waals surface area contributed by atoms with E-state index in [1.54, 1.807) is 6.20 Å². The van der Waals surface area contributed by atoms with E-state index in [-0.39, 0.29) is 6.04 Å². The lowest BCUT2D eigenvalue weighted by molar-refractivity contribution is 0.0385. The molecule has 1 aromatic rings. The van der Waals surface area contributed by atoms with E-state index in [2.05, 4.69) is 20.9 Å². The summed E-state index contributed by atoms with van der Waals surface area (Å²) < 4.78 is 5.19. The highest BCUT2D eigenvalue weighted by Gasteiger charge is 2.33. The summed E-state index contributed by atoms with van der Waals surface area (Å²) in [6.45, 7) is 3.56. The molecule has 0 radical (unpaired) electrons. The predicted octanol–water partition coefficient (Wildman–Crippen LogP) is 1.78. The van der Waals surface area contributed by atoms with Crippen molar-refractivity contribution in [1.29, 1.82) is 5.26 Å². The summed E-state index contributed by atoms with van der Waals surface area (Å²) >= 11 is 0. The highest BCUT2D eigenvalue weighted by molar-refractivity contribution is 5.63. The van der Waals surface area contributed by atoms with Crippen molar-refractivity contribution >= 4 is 5.69 Å². The van der Waals surface area contributed by atoms with E-state index < -0.39 is 6.10 Å². The molecule has 1 aromatic heterocycles. The predicted molar refractivity (Wildman–Crippen MR) is 92.2 cm³/mol. The number of pyridine rings is 1. The number of nitrogens with zero attached hydrogens (tertiary/aromatic N) is 4. The van der Waals surface area contributed by atoms with Gasteiger partial charge in [0.2, 0.25) is 5.88 Å². The Morgan fingerprint density at radius 3 is 2.62 bits per heavy atom. The third-order valence-electron chi connectivity index (χ3n) is 5.20. The molecule has 2 fully saturated rings. The van der Waals surface area contributed by atoms with Crippen LogP contribution in [0.4, 0.5) is 5.69 Å². The molecule has 3 rings (SSSR count). The fraction of sp³-hybridized carbons (Fsp3) is 0.667. The summed E-state index contributed by atoms with van der Waals surface area (Å²) in [5, 5.41) is 20.2. The van der Waals surface area contributed by atoms with Gasteiger partial charge in [-0.15, -0.1) is 0 Å². The largest absolute Gasteiger partial charge is 0.480 e. The van der Waals surface area contributed by atoms with E-state index in [1.165, 1.54) is 32.8 Å². The van der Waals surface area contributed by atoms with Crippen LogP contribution in [0.3, 0.4) is 0 Å². The average Bonchev–Trinajstić information content (AvgIpc) is 2.90. The number of aliphatic hydroxyl groups is 1. The van der Waals surface area contributed by atoms with Crippen LogP contribution in [0.25, 0.3) is 0 Å². The number of likely N-dealkylation sites (tertiary alicyclic amines) is 1. The number of rotatable bonds is 3. The molecule has 0 saturated carbocycles. The van der Waals surface area contributed by atoms with E-state index >= 15 is 0 Å². The third kappa shape index (κ3) is 3.47. The minimum absolute atomic E-state index is 0.230. The van der Waals surface area contributed by atoms with Crippen molar-refractivity contribution in [3.8, 4) is 11.9 Å². The van der Waals surface area contributed by atoms with Crippen LogP contribution >= 0.6 is 0 Å². The van der Waals surface area contributed by atoms with Gasteiger partial charge >= 0.3 is 0 Å². The Morgan fingerprint density at radius 1 is 1.25 bits per heavy atom. The Kier molecular flexibility index (Phi) is 5.54. The zero-order chi connectivity index (χ0) is 16.9. The number of ether oxygens (including phenoxy) is 1. The highest BCUT2D eigenvalue weighted by atomic mass is 16.5. The summed E-state index contributed by atoms with van der Waals surface area (Å²) in [7, 11) is 1.52. The van der Waals surface area contributed by atoms with E-state index in [4.69, 9.17) is 4.74 Å². The molecule has 2 aliphatic heterocycles. The standard InChI is InChI=1S/C18H26N4O2/c1-24-18-14(12-19)15(6-8-20-18)22-11-7-16(17(23)13-22)21-9-4-2-3-5-10-21/h6,8,16-17,23H,2-5,7,9-11,13H2,1H3/t16-,17-/m1/s1. The van der Waals surface area contributed by atoms with Gasteiger partial charge in [0.25, 0.3) is 0 Å². The summed E-state index contributed by atoms with van der Waals surface area (Å²) in [6, 6.07) is 4.25. The van der Waals surface area contributed by atoms with Crippen LogP contribution in [0.15, 0.2) is 12.3 Å². The second kappa shape index (κ2) is 7.82. The SMILES string of the molecule is COc1nccc(N2CC[C@@H](N3CCCCCC3)[C@H](O)C2)c1C#N. The van der Waals surface area contributed by atoms with E-state index in [0.717, 1.165) is 31.7 Å². The number of hydrogen-bond donors (Lipinski definition) is 1. The third-order valence-corrected chi connectivity index (χ3v) is 5.20. The number of aromatic nitrogens is 1. The van der Waals surface area contributed by atoms with Crippen molar-refractivity contribution in [1.82, 2.24) is 9.88 Å². The van der Waals surface area contributed by atoms with E-state index in [9.17, 15) is 10.4 Å². The summed E-state index contributed by atoms with van der Waals surface area (Å²) in [5.41, 5.74) is 1.25. The molecule has 0 unspecified atom stereocenters. The fourth-order valence-corrected chi connectivity index (χ4v) is 3.95. The first-order valence-electron chi connectivity index (χ1n) is 8.84. The molecule has 1 N–H and O–H groups in total. The van der Waals surface area contributed by atoms with Crippen molar-refractivity contribution in [2.24, 2.45) is 0 Å². The second-order valence-corrected chi connectivity index (χ2v) is 6.65. The summed E-state index contributed by atoms with van der Waals surface area (Å²) in [5.74, 6) is 0.346. The van der Waals surface area contributed by atoms with Crippen molar-refractivity contribution in [2.45, 2.75) is 44.2 Å². The molecule has 6 heteroatoms. The summed E-state index contributed by atoms with van der Waals surface area (Å²) in [4.78, 5) is 8.65. The number of aliphatic hydroxyl groups excluding tert-OH is 1. The Labute approximate surface area is 143 Å². The van der Waals surface area contributed by atoms with E-state index in [1.807, 2.05) is 6.07 Å². The number of nitriles is 1. The monoisotopic (exact) mass is 330 g/mol. The average molecular weight is 330 g/mol. The van der Waals surface area contributed by atoms with Crippen LogP contribution in [0, 0.1) is 11.3 Å². The maximum Gasteiger partial charge on any atom is 0.233 e. The van der Waals surface area contributed by atoms with Gasteiger partial charge in [-0.2, -0.15) is 5.26 Å². The van der Waals surface area contributed by atoms with Gasteiger partial charge in [0.15, 0.2) is 0 Å². The van der Waals surface area contributed by atoms with Crippen molar-refractivity contribution in [3.05, 3.63) is 17.8 Å². The normalized spacial score (nSPS) is 25.8. The minimum atomic E-state index is -0.400. The number of piperidine rings is 1. The molecule has 2 saturated heterocycles. The van der Waals surface area contributed by atoms with Crippen molar-refractivity contribution in [2.75, 3.05) is 38.2 Å². The van der Waals surface area contributed by atoms with Crippen LogP contribution in [0.2, 0.25) is 0 Å². The second-order valence-electron chi connectivity index (χ2n) is 6.65. The molecule has 24 heavy (non-hydrogen) atoms. The molecule has 2 aliphatic rings. The molecule has 2 atom stereocenters. The minimum Gasteiger partial charge on any atom is -0.480 e. The molecule has 0 bridgehead atoms. The lowest BCUT2D eigenvalue weighted by Crippen LogP contribution is -2.54. The molecule has 0 aromatic carbocycles. The van der Waals surface area contributed by atoms with Crippen LogP contribution in [-0.2, 0) is 0 Å². The topological polar surface area (TPSA) is 72.6 Å². The molecule has 0 spiro atoms. The number of β-amino-alcohol motifs (C(OH)–C–C–N with tert-alkyl or cyclic N) is 1. The maximum atomic E-state index is 10.7. The first kappa shape index (κ1) is 17.0. The number of methoxy groups -OCH3 is 1. The van der Waals surface area contributed by atoms with Crippen LogP contribution in [0.5, 0.6) is 5.88 Å². The zero-order valence-electron chi connectivity index (χ0n) is 14.3. The molecule has 3 heterocycles. The highest BCUT2D eigenvalue weighted by Crippen LogP contribution is 2.30. The van der Waals surface area contributed by atoms with Crippen LogP contribution < -0.4 is 9.64 Å². The van der Waals surface area contributed by atoms with Crippen molar-refractivity contribution in [3.63, 3.8) is 0 Å². The van der Waals surface area contributed by atoms with Crippen LogP contribution in [-0.4, -0.2) is 60.4 Å². The molecular formula is C18H26N4O2. The van der Waals surface area contributed by atoms with Gasteiger partial charge in [0, 0.05) is 25.3 Å². The quantitative estimate of drug-likeness (QED) is 0.911. The fourth-order valence-electron chi connectivity index (χ4n) is 3.95. The molecule has 130 valence electrons. The lowest BCUT2D eigenvalue weighted by atomic mass is 9.98. The smallest absolute Gasteiger partial charge is 0.233 e. The van der Waals surface area contributed by atoms with E-state index in [0.29, 0.717) is 18.0 Å². The van der Waals surface area contributed by atoms with Gasteiger partial charge in [0.05, 0.1) is 18.9 Å². The van der Waals surface area contributed by atoms with Gasteiger partial charge in [-0.3, -0.25) is 4.90 Å². The van der Waals surface area contributed by atoms with Gasteiger partial charge in [-0.1, -0.05) is 12.8 Å². The molecule has 0 amide bonds. The first-order chi connectivity index (χ1) is 11.7.